The van der Waals surface area contributed by atoms with Crippen LogP contribution in [-0.4, -0.2) is 26.2 Å². The van der Waals surface area contributed by atoms with Gasteiger partial charge in [-0.2, -0.15) is 0 Å². The van der Waals surface area contributed by atoms with Crippen LogP contribution >= 0.6 is 0 Å². The Balaban J connectivity index is 2.30. The molecule has 0 aliphatic heterocycles. The summed E-state index contributed by atoms with van der Waals surface area (Å²) in [6, 6.07) is 2.70. The number of ether oxygens (including phenoxy) is 1. The van der Waals surface area contributed by atoms with E-state index in [2.05, 4.69) is 4.74 Å². The summed E-state index contributed by atoms with van der Waals surface area (Å²) in [5, 5.41) is 0. The summed E-state index contributed by atoms with van der Waals surface area (Å²) in [7, 11) is 1.29. The Morgan fingerprint density at radius 3 is 2.70 bits per heavy atom. The number of rotatable bonds is 5. The molecule has 1 aromatic rings. The van der Waals surface area contributed by atoms with Crippen molar-refractivity contribution < 1.29 is 13.9 Å². The van der Waals surface area contributed by atoms with Crippen LogP contribution in [0.3, 0.4) is 0 Å². The predicted octanol–water partition coefficient (Wildman–Crippen LogP) is 2.82. The number of halogens is 1. The number of nitrogens with two attached hydrogens (primary N) is 1. The summed E-state index contributed by atoms with van der Waals surface area (Å²) in [4.78, 5) is 13.6. The van der Waals surface area contributed by atoms with Gasteiger partial charge in [-0.05, 0) is 37.8 Å². The van der Waals surface area contributed by atoms with Crippen molar-refractivity contribution in [1.29, 1.82) is 0 Å². The van der Waals surface area contributed by atoms with Crippen molar-refractivity contribution in [3.63, 3.8) is 0 Å². The Morgan fingerprint density at radius 2 is 2.20 bits per heavy atom. The van der Waals surface area contributed by atoms with Gasteiger partial charge in [0.1, 0.15) is 5.82 Å². The molecule has 1 aliphatic carbocycles. The van der Waals surface area contributed by atoms with Gasteiger partial charge in [0.15, 0.2) is 0 Å². The van der Waals surface area contributed by atoms with E-state index < -0.39 is 11.8 Å². The minimum atomic E-state index is -0.538. The zero-order chi connectivity index (χ0) is 14.7. The van der Waals surface area contributed by atoms with Crippen molar-refractivity contribution >= 4 is 17.3 Å². The van der Waals surface area contributed by atoms with E-state index in [4.69, 9.17) is 5.73 Å². The van der Waals surface area contributed by atoms with Crippen LogP contribution in [0, 0.1) is 11.7 Å². The summed E-state index contributed by atoms with van der Waals surface area (Å²) in [6.45, 7) is 3.49. The van der Waals surface area contributed by atoms with Crippen LogP contribution in [0.15, 0.2) is 12.1 Å². The minimum Gasteiger partial charge on any atom is -0.465 e. The second-order valence-corrected chi connectivity index (χ2v) is 5.22. The topological polar surface area (TPSA) is 55.6 Å². The van der Waals surface area contributed by atoms with Gasteiger partial charge in [0, 0.05) is 18.8 Å². The lowest BCUT2D eigenvalue weighted by molar-refractivity contribution is 0.0602. The van der Waals surface area contributed by atoms with Crippen LogP contribution in [0.1, 0.15) is 36.5 Å². The number of esters is 1. The molecule has 0 saturated heterocycles. The van der Waals surface area contributed by atoms with Crippen LogP contribution < -0.4 is 10.6 Å². The number of methoxy groups -OCH3 is 1. The summed E-state index contributed by atoms with van der Waals surface area (Å²) in [5.41, 5.74) is 6.44. The first-order valence-corrected chi connectivity index (χ1v) is 6.99. The molecule has 4 nitrogen and oxygen atoms in total. The van der Waals surface area contributed by atoms with Crippen molar-refractivity contribution in [3.8, 4) is 0 Å². The molecule has 0 amide bonds. The summed E-state index contributed by atoms with van der Waals surface area (Å²) < 4.78 is 18.8. The number of hydrogen-bond acceptors (Lipinski definition) is 4. The molecule has 0 bridgehead atoms. The molecule has 0 heterocycles. The highest BCUT2D eigenvalue weighted by Gasteiger charge is 2.23. The Labute approximate surface area is 118 Å². The predicted molar refractivity (Wildman–Crippen MR) is 77.4 cm³/mol. The van der Waals surface area contributed by atoms with Gasteiger partial charge in [0.2, 0.25) is 0 Å². The maximum Gasteiger partial charge on any atom is 0.340 e. The van der Waals surface area contributed by atoms with Crippen molar-refractivity contribution in [2.45, 2.75) is 26.2 Å². The molecule has 20 heavy (non-hydrogen) atoms. The van der Waals surface area contributed by atoms with Crippen molar-refractivity contribution in [3.05, 3.63) is 23.5 Å². The highest BCUT2D eigenvalue weighted by Crippen LogP contribution is 2.31. The maximum atomic E-state index is 14.1. The lowest BCUT2D eigenvalue weighted by atomic mass is 9.85. The van der Waals surface area contributed by atoms with E-state index in [0.717, 1.165) is 6.54 Å². The van der Waals surface area contributed by atoms with Gasteiger partial charge in [-0.15, -0.1) is 0 Å². The molecular weight excluding hydrogens is 259 g/mol. The first-order chi connectivity index (χ1) is 9.56. The lowest BCUT2D eigenvalue weighted by Gasteiger charge is -2.33. The quantitative estimate of drug-likeness (QED) is 0.665. The van der Waals surface area contributed by atoms with Crippen LogP contribution in [0.5, 0.6) is 0 Å². The maximum absolute atomic E-state index is 14.1. The van der Waals surface area contributed by atoms with Gasteiger partial charge in [0.25, 0.3) is 0 Å². The zero-order valence-electron chi connectivity index (χ0n) is 12.0. The minimum absolute atomic E-state index is 0.109. The van der Waals surface area contributed by atoms with E-state index in [1.54, 1.807) is 0 Å². The second kappa shape index (κ2) is 6.11. The summed E-state index contributed by atoms with van der Waals surface area (Å²) in [5.74, 6) is -0.312. The van der Waals surface area contributed by atoms with Gasteiger partial charge < -0.3 is 15.4 Å². The highest BCUT2D eigenvalue weighted by atomic mass is 19.1. The highest BCUT2D eigenvalue weighted by molar-refractivity contribution is 5.96. The first-order valence-electron chi connectivity index (χ1n) is 6.99. The average Bonchev–Trinajstić information content (AvgIpc) is 2.38. The summed E-state index contributed by atoms with van der Waals surface area (Å²) >= 11 is 0. The molecular formula is C15H21FN2O2. The zero-order valence-corrected chi connectivity index (χ0v) is 12.0. The lowest BCUT2D eigenvalue weighted by Crippen LogP contribution is -2.33. The number of nitrogen functional groups attached to an aromatic ring is 1. The second-order valence-electron chi connectivity index (χ2n) is 5.22. The molecule has 0 atom stereocenters. The van der Waals surface area contributed by atoms with Gasteiger partial charge in [0.05, 0.1) is 18.4 Å². The largest absolute Gasteiger partial charge is 0.465 e. The van der Waals surface area contributed by atoms with E-state index in [-0.39, 0.29) is 11.3 Å². The number of anilines is 2. The van der Waals surface area contributed by atoms with Gasteiger partial charge in [-0.1, -0.05) is 6.42 Å². The first kappa shape index (κ1) is 14.6. The van der Waals surface area contributed by atoms with Crippen LogP contribution in [-0.2, 0) is 4.74 Å². The third-order valence-corrected chi connectivity index (χ3v) is 3.95. The van der Waals surface area contributed by atoms with Crippen LogP contribution in [0.2, 0.25) is 0 Å². The molecule has 1 aromatic carbocycles. The molecule has 110 valence electrons. The molecule has 2 N–H and O–H groups in total. The van der Waals surface area contributed by atoms with Crippen molar-refractivity contribution in [2.75, 3.05) is 30.8 Å². The van der Waals surface area contributed by atoms with Crippen molar-refractivity contribution in [1.82, 2.24) is 0 Å². The number of hydrogen-bond donors (Lipinski definition) is 1. The fourth-order valence-corrected chi connectivity index (χ4v) is 2.49. The Bertz CT molecular complexity index is 501. The van der Waals surface area contributed by atoms with E-state index in [1.165, 1.54) is 38.5 Å². The molecule has 0 radical (unpaired) electrons. The van der Waals surface area contributed by atoms with E-state index in [9.17, 15) is 9.18 Å². The Morgan fingerprint density at radius 1 is 1.50 bits per heavy atom. The molecule has 1 saturated carbocycles. The Kier molecular flexibility index (Phi) is 4.47. The van der Waals surface area contributed by atoms with Gasteiger partial charge in [-0.25, -0.2) is 9.18 Å². The Hall–Kier alpha value is -1.78. The average molecular weight is 280 g/mol. The monoisotopic (exact) mass is 280 g/mol. The fraction of sp³-hybridized carbons (Fsp3) is 0.533. The number of benzene rings is 1. The number of nitrogens with zero attached hydrogens (tertiary/aromatic N) is 1. The fourth-order valence-electron chi connectivity index (χ4n) is 2.49. The van der Waals surface area contributed by atoms with Gasteiger partial charge >= 0.3 is 5.97 Å². The molecule has 2 rings (SSSR count). The molecule has 0 spiro atoms. The number of carbonyl (C=O) groups excluding carboxylic acids is 1. The third kappa shape index (κ3) is 2.86. The molecule has 1 fully saturated rings. The summed E-state index contributed by atoms with van der Waals surface area (Å²) in [6.07, 6.45) is 3.63. The normalized spacial score (nSPS) is 14.8. The van der Waals surface area contributed by atoms with Crippen LogP contribution in [0.4, 0.5) is 15.8 Å². The number of carbonyl (C=O) groups is 1. The smallest absolute Gasteiger partial charge is 0.340 e. The van der Waals surface area contributed by atoms with Gasteiger partial charge in [-0.3, -0.25) is 0 Å². The molecule has 5 heteroatoms. The molecule has 0 aromatic heterocycles. The van der Waals surface area contributed by atoms with E-state index in [1.807, 2.05) is 11.8 Å². The van der Waals surface area contributed by atoms with Crippen LogP contribution in [0.25, 0.3) is 0 Å². The standard InChI is InChI=1S/C15H21FN2O2/c1-3-18(9-10-5-4-6-10)14-7-11(15(19)20-2)13(17)8-12(14)16/h7-8,10H,3-6,9,17H2,1-2H3. The molecule has 0 unspecified atom stereocenters. The van der Waals surface area contributed by atoms with Crippen molar-refractivity contribution in [2.24, 2.45) is 5.92 Å². The van der Waals surface area contributed by atoms with E-state index in [0.29, 0.717) is 18.2 Å². The SMILES string of the molecule is CCN(CC1CCC1)c1cc(C(=O)OC)c(N)cc1F. The third-order valence-electron chi connectivity index (χ3n) is 3.95. The van der Waals surface area contributed by atoms with E-state index >= 15 is 0 Å². The molecule has 1 aliphatic rings.